The normalized spacial score (nSPS) is 25.1. The molecule has 136 valence electrons. The van der Waals surface area contributed by atoms with E-state index < -0.39 is 17.8 Å². The number of halogens is 1. The first-order chi connectivity index (χ1) is 12.5. The Hall–Kier alpha value is -2.08. The maximum atomic E-state index is 11.2. The topological polar surface area (TPSA) is 56.0 Å². The van der Waals surface area contributed by atoms with Crippen molar-refractivity contribution >= 4 is 17.2 Å². The van der Waals surface area contributed by atoms with Gasteiger partial charge >= 0.3 is 0 Å². The molecule has 0 saturated carbocycles. The third kappa shape index (κ3) is 2.28. The first-order valence-electron chi connectivity index (χ1n) is 8.66. The van der Waals surface area contributed by atoms with Gasteiger partial charge in [0.05, 0.1) is 5.69 Å². The summed E-state index contributed by atoms with van der Waals surface area (Å²) in [4.78, 5) is 4.58. The maximum absolute atomic E-state index is 11.2. The van der Waals surface area contributed by atoms with Gasteiger partial charge in [0.1, 0.15) is 16.9 Å². The van der Waals surface area contributed by atoms with Gasteiger partial charge in [-0.05, 0) is 25.0 Å². The summed E-state index contributed by atoms with van der Waals surface area (Å²) in [6.07, 6.45) is 1.01. The summed E-state index contributed by atoms with van der Waals surface area (Å²) < 4.78 is 14.0. The van der Waals surface area contributed by atoms with E-state index in [0.29, 0.717) is 23.0 Å². The summed E-state index contributed by atoms with van der Waals surface area (Å²) in [5, 5.41) is 11.8. The molecule has 1 N–H and O–H groups in total. The number of nitrogens with zero attached hydrogens (tertiary/aromatic N) is 2. The van der Waals surface area contributed by atoms with Crippen LogP contribution < -0.4 is 4.74 Å². The van der Waals surface area contributed by atoms with E-state index in [1.807, 2.05) is 56.4 Å². The van der Waals surface area contributed by atoms with Gasteiger partial charge in [0.15, 0.2) is 17.5 Å². The zero-order valence-electron chi connectivity index (χ0n) is 14.9. The van der Waals surface area contributed by atoms with Crippen LogP contribution in [0.4, 0.5) is 0 Å². The number of benzene rings is 1. The molecule has 0 amide bonds. The van der Waals surface area contributed by atoms with Gasteiger partial charge in [0.25, 0.3) is 0 Å². The number of aromatic nitrogens is 2. The summed E-state index contributed by atoms with van der Waals surface area (Å²) in [6, 6.07) is 11.6. The van der Waals surface area contributed by atoms with Crippen molar-refractivity contribution in [3.63, 3.8) is 0 Å². The van der Waals surface area contributed by atoms with Crippen LogP contribution >= 0.6 is 11.6 Å². The highest BCUT2D eigenvalue weighted by Crippen LogP contribution is 2.50. The molecule has 2 unspecified atom stereocenters. The Balaban J connectivity index is 1.99. The van der Waals surface area contributed by atoms with Crippen LogP contribution in [0.1, 0.15) is 36.3 Å². The fraction of sp³-hybridized carbons (Fsp3) is 0.350. The number of pyridine rings is 1. The molecule has 4 rings (SSSR count). The lowest BCUT2D eigenvalue weighted by Gasteiger charge is -2.45. The number of methoxy groups -OCH3 is 1. The Morgan fingerprint density at radius 2 is 2.04 bits per heavy atom. The number of imidazole rings is 1. The molecule has 1 aliphatic heterocycles. The third-order valence-electron chi connectivity index (χ3n) is 5.33. The first-order valence-corrected chi connectivity index (χ1v) is 9.03. The van der Waals surface area contributed by atoms with Gasteiger partial charge in [-0.15, -0.1) is 0 Å². The minimum atomic E-state index is -0.887. The Labute approximate surface area is 157 Å². The number of ether oxygens (including phenoxy) is 2. The number of fused-ring (bicyclic) bond motifs is 3. The number of hydrogen-bond acceptors (Lipinski definition) is 4. The number of rotatable bonds is 3. The van der Waals surface area contributed by atoms with Crippen LogP contribution in [0.25, 0.3) is 5.65 Å². The lowest BCUT2D eigenvalue weighted by Crippen LogP contribution is -2.49. The molecule has 3 aromatic rings. The number of hydrogen-bond donors (Lipinski definition) is 1. The van der Waals surface area contributed by atoms with Crippen LogP contribution in [0.3, 0.4) is 0 Å². The van der Waals surface area contributed by atoms with Crippen LogP contribution in [0.2, 0.25) is 5.15 Å². The minimum absolute atomic E-state index is 0.549. The van der Waals surface area contributed by atoms with Crippen LogP contribution in [0, 0.1) is 6.92 Å². The minimum Gasteiger partial charge on any atom is -0.479 e. The van der Waals surface area contributed by atoms with Crippen LogP contribution in [-0.4, -0.2) is 27.7 Å². The highest BCUT2D eigenvalue weighted by atomic mass is 35.5. The fourth-order valence-corrected chi connectivity index (χ4v) is 4.06. The van der Waals surface area contributed by atoms with Crippen LogP contribution in [0.15, 0.2) is 42.6 Å². The summed E-state index contributed by atoms with van der Waals surface area (Å²) in [7, 11) is 1.62. The second-order valence-electron chi connectivity index (χ2n) is 6.58. The Bertz CT molecular complexity index is 951. The van der Waals surface area contributed by atoms with Crippen molar-refractivity contribution in [2.75, 3.05) is 7.11 Å². The van der Waals surface area contributed by atoms with Gasteiger partial charge in [-0.1, -0.05) is 48.9 Å². The Morgan fingerprint density at radius 1 is 1.31 bits per heavy atom. The molecule has 0 radical (unpaired) electrons. The quantitative estimate of drug-likeness (QED) is 0.753. The predicted molar refractivity (Wildman–Crippen MR) is 99.7 cm³/mol. The van der Waals surface area contributed by atoms with E-state index in [0.717, 1.165) is 16.8 Å². The van der Waals surface area contributed by atoms with Gasteiger partial charge in [0.2, 0.25) is 0 Å². The second kappa shape index (κ2) is 6.27. The molecule has 3 heterocycles. The molecule has 0 bridgehead atoms. The number of aliphatic hydroxyl groups is 1. The lowest BCUT2D eigenvalue weighted by molar-refractivity contribution is -0.162. The van der Waals surface area contributed by atoms with E-state index in [-0.39, 0.29) is 0 Å². The molecular weight excluding hydrogens is 352 g/mol. The molecule has 0 aliphatic carbocycles. The summed E-state index contributed by atoms with van der Waals surface area (Å²) in [5.74, 6) is 0.602. The lowest BCUT2D eigenvalue weighted by atomic mass is 9.79. The van der Waals surface area contributed by atoms with Crippen molar-refractivity contribution in [2.45, 2.75) is 38.1 Å². The smallest absolute Gasteiger partial charge is 0.181 e. The zero-order valence-corrected chi connectivity index (χ0v) is 15.7. The molecule has 6 heteroatoms. The van der Waals surface area contributed by atoms with Gasteiger partial charge in [-0.25, -0.2) is 4.98 Å². The summed E-state index contributed by atoms with van der Waals surface area (Å²) >= 11 is 6.37. The van der Waals surface area contributed by atoms with Gasteiger partial charge in [-0.2, -0.15) is 0 Å². The molecule has 0 saturated heterocycles. The SMILES string of the molecule is CCC1(OC)c2ccn3c(Cl)c(C)nc3c2O[C@H](c2ccccc2)C1O. The van der Waals surface area contributed by atoms with Crippen molar-refractivity contribution < 1.29 is 14.6 Å². The monoisotopic (exact) mass is 372 g/mol. The van der Waals surface area contributed by atoms with Crippen molar-refractivity contribution in [3.05, 3.63) is 64.6 Å². The van der Waals surface area contributed by atoms with Crippen LogP contribution in [-0.2, 0) is 10.3 Å². The molecule has 1 aliphatic rings. The molecular formula is C20H21ClN2O3. The number of aryl methyl sites for hydroxylation is 1. The van der Waals surface area contributed by atoms with Crippen molar-refractivity contribution in [2.24, 2.45) is 0 Å². The number of aliphatic hydroxyl groups excluding tert-OH is 1. The van der Waals surface area contributed by atoms with Crippen molar-refractivity contribution in [1.82, 2.24) is 9.38 Å². The highest BCUT2D eigenvalue weighted by Gasteiger charge is 2.50. The fourth-order valence-electron chi connectivity index (χ4n) is 3.88. The van der Waals surface area contributed by atoms with Crippen molar-refractivity contribution in [1.29, 1.82) is 0 Å². The van der Waals surface area contributed by atoms with Gasteiger partial charge < -0.3 is 14.6 Å². The summed E-state index contributed by atoms with van der Waals surface area (Å²) in [5.41, 5.74) is 2.15. The molecule has 3 atom stereocenters. The second-order valence-corrected chi connectivity index (χ2v) is 6.94. The van der Waals surface area contributed by atoms with E-state index in [9.17, 15) is 5.11 Å². The third-order valence-corrected chi connectivity index (χ3v) is 5.79. The summed E-state index contributed by atoms with van der Waals surface area (Å²) in [6.45, 7) is 3.86. The maximum Gasteiger partial charge on any atom is 0.181 e. The van der Waals surface area contributed by atoms with E-state index in [4.69, 9.17) is 21.1 Å². The van der Waals surface area contributed by atoms with Gasteiger partial charge in [-0.3, -0.25) is 4.40 Å². The Morgan fingerprint density at radius 3 is 2.69 bits per heavy atom. The van der Waals surface area contributed by atoms with E-state index in [2.05, 4.69) is 4.98 Å². The zero-order chi connectivity index (χ0) is 18.5. The Kier molecular flexibility index (Phi) is 4.18. The molecule has 1 aromatic carbocycles. The van der Waals surface area contributed by atoms with E-state index >= 15 is 0 Å². The molecule has 5 nitrogen and oxygen atoms in total. The van der Waals surface area contributed by atoms with Crippen LogP contribution in [0.5, 0.6) is 5.75 Å². The average molecular weight is 373 g/mol. The largest absolute Gasteiger partial charge is 0.479 e. The predicted octanol–water partition coefficient (Wildman–Crippen LogP) is 4.04. The molecule has 26 heavy (non-hydrogen) atoms. The molecule has 0 fully saturated rings. The van der Waals surface area contributed by atoms with E-state index in [1.54, 1.807) is 11.5 Å². The molecule has 2 aromatic heterocycles. The van der Waals surface area contributed by atoms with Crippen molar-refractivity contribution in [3.8, 4) is 5.75 Å². The average Bonchev–Trinajstić information content (AvgIpc) is 2.97. The van der Waals surface area contributed by atoms with E-state index in [1.165, 1.54) is 0 Å². The highest BCUT2D eigenvalue weighted by molar-refractivity contribution is 6.30. The van der Waals surface area contributed by atoms with Gasteiger partial charge in [0, 0.05) is 18.9 Å². The first kappa shape index (κ1) is 17.3. The standard InChI is InChI=1S/C20H21ClN2O3/c1-4-20(25-3)14-10-11-23-18(21)12(2)22-19(23)16(14)26-15(17(20)24)13-8-6-5-7-9-13/h5-11,15,17,24H,4H2,1-3H3/t15-,17?,20?/m1/s1. The molecule has 0 spiro atoms.